The molecule has 1 heterocycles. The molecule has 0 unspecified atom stereocenters. The van der Waals surface area contributed by atoms with Crippen molar-refractivity contribution in [1.29, 1.82) is 0 Å². The number of carbonyl (C=O) groups excluding carboxylic acids is 1. The van der Waals surface area contributed by atoms with Gasteiger partial charge in [0.15, 0.2) is 5.69 Å². The van der Waals surface area contributed by atoms with Crippen LogP contribution in [0.25, 0.3) is 0 Å². The zero-order valence-electron chi connectivity index (χ0n) is 10.6. The number of carbonyl (C=O) groups is 2. The molecule has 0 saturated heterocycles. The summed E-state index contributed by atoms with van der Waals surface area (Å²) in [4.78, 5) is 26.4. The Morgan fingerprint density at radius 3 is 2.86 bits per heavy atom. The molecule has 1 aromatic carbocycles. The maximum absolute atomic E-state index is 13.5. The lowest BCUT2D eigenvalue weighted by molar-refractivity contribution is 0.0690. The highest BCUT2D eigenvalue weighted by atomic mass is 79.9. The van der Waals surface area contributed by atoms with Crippen LogP contribution in [-0.2, 0) is 6.42 Å². The SMILES string of the molecule is O=C(O)c1csc(CCNC(=O)c2cc(Br)ccc2F)n1. The molecule has 0 atom stereocenters. The van der Waals surface area contributed by atoms with Crippen LogP contribution < -0.4 is 5.32 Å². The topological polar surface area (TPSA) is 79.3 Å². The zero-order chi connectivity index (χ0) is 15.4. The first-order chi connectivity index (χ1) is 9.97. The maximum Gasteiger partial charge on any atom is 0.355 e. The van der Waals surface area contributed by atoms with Crippen molar-refractivity contribution in [1.82, 2.24) is 10.3 Å². The minimum Gasteiger partial charge on any atom is -0.476 e. The summed E-state index contributed by atoms with van der Waals surface area (Å²) in [5.41, 5.74) is -0.0610. The van der Waals surface area contributed by atoms with Crippen LogP contribution in [0.2, 0.25) is 0 Å². The van der Waals surface area contributed by atoms with E-state index in [1.807, 2.05) is 0 Å². The summed E-state index contributed by atoms with van der Waals surface area (Å²) in [5.74, 6) is -2.21. The predicted molar refractivity (Wildman–Crippen MR) is 79.2 cm³/mol. The number of nitrogens with one attached hydrogen (secondary N) is 1. The minimum absolute atomic E-state index is 0.0145. The fourth-order valence-corrected chi connectivity index (χ4v) is 2.71. The van der Waals surface area contributed by atoms with E-state index in [-0.39, 0.29) is 17.8 Å². The fourth-order valence-electron chi connectivity index (χ4n) is 1.57. The molecule has 0 saturated carbocycles. The molecule has 21 heavy (non-hydrogen) atoms. The number of thiazole rings is 1. The van der Waals surface area contributed by atoms with E-state index in [4.69, 9.17) is 5.11 Å². The molecular weight excluding hydrogens is 363 g/mol. The van der Waals surface area contributed by atoms with Gasteiger partial charge >= 0.3 is 5.97 Å². The molecule has 0 radical (unpaired) electrons. The Hall–Kier alpha value is -1.80. The number of benzene rings is 1. The highest BCUT2D eigenvalue weighted by Gasteiger charge is 2.12. The van der Waals surface area contributed by atoms with E-state index in [0.717, 1.165) is 0 Å². The van der Waals surface area contributed by atoms with Crippen molar-refractivity contribution in [3.63, 3.8) is 0 Å². The van der Waals surface area contributed by atoms with Gasteiger partial charge in [-0.15, -0.1) is 11.3 Å². The summed E-state index contributed by atoms with van der Waals surface area (Å²) in [6.07, 6.45) is 0.388. The van der Waals surface area contributed by atoms with Crippen molar-refractivity contribution in [3.8, 4) is 0 Å². The van der Waals surface area contributed by atoms with Gasteiger partial charge in [0.2, 0.25) is 0 Å². The van der Waals surface area contributed by atoms with Crippen molar-refractivity contribution in [2.24, 2.45) is 0 Å². The first kappa shape index (κ1) is 15.6. The molecule has 110 valence electrons. The van der Waals surface area contributed by atoms with E-state index >= 15 is 0 Å². The molecule has 1 aromatic heterocycles. The Morgan fingerprint density at radius 1 is 1.43 bits per heavy atom. The van der Waals surface area contributed by atoms with E-state index < -0.39 is 17.7 Å². The number of carboxylic acid groups (broad SMARTS) is 1. The molecule has 8 heteroatoms. The third-order valence-corrected chi connectivity index (χ3v) is 3.97. The quantitative estimate of drug-likeness (QED) is 0.845. The van der Waals surface area contributed by atoms with Gasteiger partial charge < -0.3 is 10.4 Å². The van der Waals surface area contributed by atoms with E-state index in [1.165, 1.54) is 34.9 Å². The molecular formula is C13H10BrFN2O3S. The molecule has 1 amide bonds. The summed E-state index contributed by atoms with van der Waals surface area (Å²) < 4.78 is 14.1. The van der Waals surface area contributed by atoms with Crippen molar-refractivity contribution < 1.29 is 19.1 Å². The van der Waals surface area contributed by atoms with Crippen molar-refractivity contribution in [2.75, 3.05) is 6.54 Å². The normalized spacial score (nSPS) is 10.4. The van der Waals surface area contributed by atoms with Crippen LogP contribution in [0, 0.1) is 5.82 Å². The highest BCUT2D eigenvalue weighted by Crippen LogP contribution is 2.15. The van der Waals surface area contributed by atoms with E-state index in [1.54, 1.807) is 0 Å². The summed E-state index contributed by atoms with van der Waals surface area (Å²) >= 11 is 4.38. The Morgan fingerprint density at radius 2 is 2.19 bits per heavy atom. The number of nitrogens with zero attached hydrogens (tertiary/aromatic N) is 1. The summed E-state index contributed by atoms with van der Waals surface area (Å²) in [5, 5.41) is 13.4. The maximum atomic E-state index is 13.5. The number of aromatic nitrogens is 1. The Balaban J connectivity index is 1.92. The minimum atomic E-state index is -1.09. The number of aromatic carboxylic acids is 1. The molecule has 2 aromatic rings. The summed E-state index contributed by atoms with van der Waals surface area (Å²) in [6.45, 7) is 0.247. The average molecular weight is 373 g/mol. The Labute approximate surface area is 132 Å². The number of halogens is 2. The zero-order valence-corrected chi connectivity index (χ0v) is 13.0. The number of hydrogen-bond acceptors (Lipinski definition) is 4. The van der Waals surface area contributed by atoms with Gasteiger partial charge in [-0.1, -0.05) is 15.9 Å². The molecule has 2 rings (SSSR count). The molecule has 0 aliphatic rings. The van der Waals surface area contributed by atoms with Gasteiger partial charge in [-0.05, 0) is 18.2 Å². The van der Waals surface area contributed by atoms with Crippen LogP contribution >= 0.6 is 27.3 Å². The first-order valence-corrected chi connectivity index (χ1v) is 7.55. The number of carboxylic acids is 1. The van der Waals surface area contributed by atoms with Crippen molar-refractivity contribution in [2.45, 2.75) is 6.42 Å². The van der Waals surface area contributed by atoms with Crippen LogP contribution in [0.5, 0.6) is 0 Å². The monoisotopic (exact) mass is 372 g/mol. The molecule has 0 aliphatic carbocycles. The molecule has 2 N–H and O–H groups in total. The fraction of sp³-hybridized carbons (Fsp3) is 0.154. The van der Waals surface area contributed by atoms with E-state index in [2.05, 4.69) is 26.2 Å². The lowest BCUT2D eigenvalue weighted by Crippen LogP contribution is -2.26. The Bertz CT molecular complexity index is 690. The van der Waals surface area contributed by atoms with Crippen LogP contribution in [-0.4, -0.2) is 28.5 Å². The number of amides is 1. The third-order valence-electron chi connectivity index (χ3n) is 2.57. The standard InChI is InChI=1S/C13H10BrFN2O3S/c14-7-1-2-9(15)8(5-7)12(18)16-4-3-11-17-10(6-21-11)13(19)20/h1-2,5-6H,3-4H2,(H,16,18)(H,19,20). The van der Waals surface area contributed by atoms with E-state index in [0.29, 0.717) is 15.9 Å². The molecule has 0 spiro atoms. The Kier molecular flexibility index (Phi) is 5.03. The largest absolute Gasteiger partial charge is 0.476 e. The molecule has 0 fully saturated rings. The lowest BCUT2D eigenvalue weighted by Gasteiger charge is -2.05. The average Bonchev–Trinajstić information content (AvgIpc) is 2.90. The van der Waals surface area contributed by atoms with Gasteiger partial charge in [-0.25, -0.2) is 14.2 Å². The first-order valence-electron chi connectivity index (χ1n) is 5.88. The van der Waals surface area contributed by atoms with Gasteiger partial charge in [0.05, 0.1) is 10.6 Å². The van der Waals surface area contributed by atoms with Crippen LogP contribution in [0.3, 0.4) is 0 Å². The predicted octanol–water partition coefficient (Wildman–Crippen LogP) is 2.72. The second kappa shape index (κ2) is 6.77. The van der Waals surface area contributed by atoms with E-state index in [9.17, 15) is 14.0 Å². The smallest absolute Gasteiger partial charge is 0.355 e. The summed E-state index contributed by atoms with van der Waals surface area (Å²) in [7, 11) is 0. The van der Waals surface area contributed by atoms with Crippen LogP contribution in [0.1, 0.15) is 25.9 Å². The van der Waals surface area contributed by atoms with Crippen molar-refractivity contribution in [3.05, 3.63) is 50.1 Å². The molecule has 0 aliphatic heterocycles. The van der Waals surface area contributed by atoms with Gasteiger partial charge in [-0.2, -0.15) is 0 Å². The number of hydrogen-bond donors (Lipinski definition) is 2. The van der Waals surface area contributed by atoms with Crippen molar-refractivity contribution >= 4 is 39.1 Å². The second-order valence-corrected chi connectivity index (χ2v) is 5.92. The molecule has 0 bridgehead atoms. The lowest BCUT2D eigenvalue weighted by atomic mass is 10.2. The second-order valence-electron chi connectivity index (χ2n) is 4.06. The number of rotatable bonds is 5. The van der Waals surface area contributed by atoms with Gasteiger partial charge in [0.1, 0.15) is 5.82 Å². The van der Waals surface area contributed by atoms with Crippen LogP contribution in [0.4, 0.5) is 4.39 Å². The summed E-state index contributed by atoms with van der Waals surface area (Å²) in [6, 6.07) is 4.12. The van der Waals surface area contributed by atoms with Gasteiger partial charge in [-0.3, -0.25) is 4.79 Å². The van der Waals surface area contributed by atoms with Gasteiger partial charge in [0.25, 0.3) is 5.91 Å². The van der Waals surface area contributed by atoms with Gasteiger partial charge in [0, 0.05) is 22.8 Å². The highest BCUT2D eigenvalue weighted by molar-refractivity contribution is 9.10. The van der Waals surface area contributed by atoms with Crippen LogP contribution in [0.15, 0.2) is 28.1 Å². The third kappa shape index (κ3) is 4.08. The molecule has 5 nitrogen and oxygen atoms in total.